The molecule has 11 nitrogen and oxygen atoms in total. The van der Waals surface area contributed by atoms with Crippen molar-refractivity contribution in [2.45, 2.75) is 69.5 Å². The van der Waals surface area contributed by atoms with Crippen LogP contribution in [-0.2, 0) is 26.2 Å². The second kappa shape index (κ2) is 15.5. The first-order chi connectivity index (χ1) is 22.2. The van der Waals surface area contributed by atoms with Gasteiger partial charge in [-0.25, -0.2) is 8.42 Å². The third-order valence-electron chi connectivity index (χ3n) is 8.11. The summed E-state index contributed by atoms with van der Waals surface area (Å²) in [5, 5.41) is 15.4. The summed E-state index contributed by atoms with van der Waals surface area (Å²) in [6, 6.07) is 11.4. The van der Waals surface area contributed by atoms with E-state index >= 15 is 0 Å². The lowest BCUT2D eigenvalue weighted by atomic mass is 9.95. The van der Waals surface area contributed by atoms with Crippen molar-refractivity contribution in [1.29, 1.82) is 0 Å². The molecular formula is C32H35Cl3N4O7S. The molecule has 1 saturated carbocycles. The molecule has 1 N–H and O–H groups in total. The highest BCUT2D eigenvalue weighted by Gasteiger charge is 2.35. The van der Waals surface area contributed by atoms with Gasteiger partial charge in [0.1, 0.15) is 18.3 Å². The largest absolute Gasteiger partial charge is 0.495 e. The van der Waals surface area contributed by atoms with Crippen molar-refractivity contribution >= 4 is 68.0 Å². The van der Waals surface area contributed by atoms with Crippen molar-refractivity contribution in [1.82, 2.24) is 10.2 Å². The number of sulfonamides is 1. The van der Waals surface area contributed by atoms with Gasteiger partial charge in [-0.05, 0) is 68.7 Å². The van der Waals surface area contributed by atoms with Gasteiger partial charge in [0.25, 0.3) is 15.7 Å². The Bertz CT molecular complexity index is 1770. The van der Waals surface area contributed by atoms with Crippen LogP contribution in [-0.4, -0.2) is 55.8 Å². The molecule has 15 heteroatoms. The van der Waals surface area contributed by atoms with Crippen molar-refractivity contribution in [2.75, 3.05) is 18.0 Å². The van der Waals surface area contributed by atoms with Crippen LogP contribution >= 0.6 is 34.8 Å². The normalized spacial score (nSPS) is 14.3. The first kappa shape index (κ1) is 36.3. The Balaban J connectivity index is 1.79. The van der Waals surface area contributed by atoms with Gasteiger partial charge in [0, 0.05) is 29.2 Å². The fraction of sp³-hybridized carbons (Fsp3) is 0.375. The van der Waals surface area contributed by atoms with Crippen LogP contribution in [0, 0.1) is 17.0 Å². The van der Waals surface area contributed by atoms with Gasteiger partial charge in [0.2, 0.25) is 11.8 Å². The van der Waals surface area contributed by atoms with Crippen molar-refractivity contribution in [3.63, 3.8) is 0 Å². The number of ether oxygens (including phenoxy) is 1. The van der Waals surface area contributed by atoms with Crippen molar-refractivity contribution in [3.8, 4) is 5.75 Å². The maximum Gasteiger partial charge on any atom is 0.273 e. The molecule has 1 aliphatic carbocycles. The molecule has 1 atom stereocenters. The Hall–Kier alpha value is -3.58. The number of nitrogens with zero attached hydrogens (tertiary/aromatic N) is 3. The van der Waals surface area contributed by atoms with E-state index in [2.05, 4.69) is 5.32 Å². The Morgan fingerprint density at radius 3 is 2.36 bits per heavy atom. The predicted octanol–water partition coefficient (Wildman–Crippen LogP) is 6.93. The lowest BCUT2D eigenvalue weighted by Crippen LogP contribution is -2.53. The van der Waals surface area contributed by atoms with E-state index < -0.39 is 49.9 Å². The highest BCUT2D eigenvalue weighted by atomic mass is 35.5. The van der Waals surface area contributed by atoms with E-state index in [1.54, 1.807) is 25.1 Å². The van der Waals surface area contributed by atoms with Gasteiger partial charge < -0.3 is 15.0 Å². The third kappa shape index (κ3) is 8.67. The number of amides is 2. The first-order valence-electron chi connectivity index (χ1n) is 14.9. The van der Waals surface area contributed by atoms with E-state index in [-0.39, 0.29) is 39.6 Å². The van der Waals surface area contributed by atoms with Crippen LogP contribution < -0.4 is 14.4 Å². The van der Waals surface area contributed by atoms with E-state index in [1.807, 2.05) is 0 Å². The van der Waals surface area contributed by atoms with Crippen LogP contribution in [0.5, 0.6) is 5.75 Å². The Morgan fingerprint density at radius 1 is 1.02 bits per heavy atom. The lowest BCUT2D eigenvalue weighted by Gasteiger charge is -2.33. The van der Waals surface area contributed by atoms with Gasteiger partial charge in [-0.2, -0.15) is 0 Å². The molecule has 0 aliphatic heterocycles. The third-order valence-corrected chi connectivity index (χ3v) is 10.8. The van der Waals surface area contributed by atoms with Gasteiger partial charge in [-0.3, -0.25) is 24.0 Å². The molecular weight excluding hydrogens is 691 g/mol. The number of benzene rings is 3. The van der Waals surface area contributed by atoms with E-state index in [0.717, 1.165) is 42.5 Å². The van der Waals surface area contributed by atoms with Crippen LogP contribution in [0.4, 0.5) is 11.4 Å². The SMILES string of the molecule is COc1ccc(Cl)cc1N(CC(=O)N(Cc1ccc(Cl)c(Cl)c1)[C@H](C)C(=O)NC1CCCCC1)S(=O)(=O)c1ccc(C)c([N+](=O)[O-])c1. The average Bonchev–Trinajstić information content (AvgIpc) is 3.04. The minimum absolute atomic E-state index is 0.0365. The quantitative estimate of drug-likeness (QED) is 0.158. The number of aryl methyl sites for hydroxylation is 1. The van der Waals surface area contributed by atoms with Crippen molar-refractivity contribution < 1.29 is 27.7 Å². The van der Waals surface area contributed by atoms with E-state index in [0.29, 0.717) is 10.6 Å². The number of carbonyl (C=O) groups excluding carboxylic acids is 2. The summed E-state index contributed by atoms with van der Waals surface area (Å²) in [6.45, 7) is 2.14. The van der Waals surface area contributed by atoms with E-state index in [4.69, 9.17) is 39.5 Å². The minimum atomic E-state index is -4.66. The van der Waals surface area contributed by atoms with Gasteiger partial charge in [-0.1, -0.05) is 66.2 Å². The Morgan fingerprint density at radius 2 is 1.72 bits per heavy atom. The zero-order valence-corrected chi connectivity index (χ0v) is 29.1. The number of methoxy groups -OCH3 is 1. The molecule has 0 unspecified atom stereocenters. The summed E-state index contributed by atoms with van der Waals surface area (Å²) in [4.78, 5) is 39.7. The molecule has 0 bridgehead atoms. The molecule has 1 fully saturated rings. The van der Waals surface area contributed by atoms with Crippen LogP contribution in [0.15, 0.2) is 59.5 Å². The molecule has 252 valence electrons. The summed E-state index contributed by atoms with van der Waals surface area (Å²) in [5.41, 5.74) is 0.312. The molecule has 4 rings (SSSR count). The molecule has 1 aliphatic rings. The number of hydrogen-bond acceptors (Lipinski definition) is 7. The van der Waals surface area contributed by atoms with Crippen LogP contribution in [0.1, 0.15) is 50.2 Å². The molecule has 0 heterocycles. The number of nitro groups is 1. The van der Waals surface area contributed by atoms with Gasteiger partial charge in [0.15, 0.2) is 0 Å². The summed E-state index contributed by atoms with van der Waals surface area (Å²) >= 11 is 18.7. The summed E-state index contributed by atoms with van der Waals surface area (Å²) in [5.74, 6) is -1.06. The number of hydrogen-bond donors (Lipinski definition) is 1. The standard InChI is InChI=1S/C32H35Cl3N4O7S/c1-20-9-12-25(17-28(20)39(42)43)47(44,45)38(29-16-23(33)11-14-30(29)46-3)19-31(40)37(18-22-10-13-26(34)27(35)15-22)21(2)32(41)36-24-7-5-4-6-8-24/h9-17,21,24H,4-8,18-19H2,1-3H3,(H,36,41)/t21-/m1/s1. The lowest BCUT2D eigenvalue weighted by molar-refractivity contribution is -0.385. The number of nitrogens with one attached hydrogen (secondary N) is 1. The first-order valence-corrected chi connectivity index (χ1v) is 17.5. The monoisotopic (exact) mass is 724 g/mol. The van der Waals surface area contributed by atoms with Crippen LogP contribution in [0.25, 0.3) is 0 Å². The number of nitro benzene ring substituents is 1. The highest BCUT2D eigenvalue weighted by molar-refractivity contribution is 7.92. The van der Waals surface area contributed by atoms with E-state index in [9.17, 15) is 28.1 Å². The zero-order valence-electron chi connectivity index (χ0n) is 26.0. The fourth-order valence-corrected chi connectivity index (χ4v) is 7.36. The number of carbonyl (C=O) groups is 2. The molecule has 3 aromatic rings. The zero-order chi connectivity index (χ0) is 34.5. The second-order valence-corrected chi connectivity index (χ2v) is 14.4. The molecule has 0 aromatic heterocycles. The van der Waals surface area contributed by atoms with Gasteiger partial charge in [0.05, 0.1) is 32.7 Å². The predicted molar refractivity (Wildman–Crippen MR) is 182 cm³/mol. The molecule has 0 spiro atoms. The minimum Gasteiger partial charge on any atom is -0.495 e. The number of anilines is 1. The number of halogens is 3. The molecule has 0 radical (unpaired) electrons. The average molecular weight is 726 g/mol. The summed E-state index contributed by atoms with van der Waals surface area (Å²) in [6.07, 6.45) is 4.70. The highest BCUT2D eigenvalue weighted by Crippen LogP contribution is 2.36. The van der Waals surface area contributed by atoms with Crippen molar-refractivity contribution in [3.05, 3.63) is 90.9 Å². The topological polar surface area (TPSA) is 139 Å². The smallest absolute Gasteiger partial charge is 0.273 e. The Labute approximate surface area is 288 Å². The molecule has 47 heavy (non-hydrogen) atoms. The van der Waals surface area contributed by atoms with Gasteiger partial charge >= 0.3 is 0 Å². The van der Waals surface area contributed by atoms with Crippen LogP contribution in [0.3, 0.4) is 0 Å². The van der Waals surface area contributed by atoms with Crippen molar-refractivity contribution in [2.24, 2.45) is 0 Å². The summed E-state index contributed by atoms with van der Waals surface area (Å²) < 4.78 is 34.8. The molecule has 2 amide bonds. The Kier molecular flexibility index (Phi) is 12.0. The maximum atomic E-state index is 14.3. The van der Waals surface area contributed by atoms with E-state index in [1.165, 1.54) is 49.3 Å². The van der Waals surface area contributed by atoms with Gasteiger partial charge in [-0.15, -0.1) is 0 Å². The summed E-state index contributed by atoms with van der Waals surface area (Å²) in [7, 11) is -3.33. The van der Waals surface area contributed by atoms with Crippen LogP contribution in [0.2, 0.25) is 15.1 Å². The maximum absolute atomic E-state index is 14.3. The molecule has 3 aromatic carbocycles. The molecule has 0 saturated heterocycles. The fourth-order valence-electron chi connectivity index (χ4n) is 5.43. The number of rotatable bonds is 12. The second-order valence-electron chi connectivity index (χ2n) is 11.3.